The first-order chi connectivity index (χ1) is 19.6. The van der Waals surface area contributed by atoms with Gasteiger partial charge in [-0.3, -0.25) is 28.4 Å². The van der Waals surface area contributed by atoms with Crippen LogP contribution in [0, 0.1) is 0 Å². The number of imide groups is 2. The van der Waals surface area contributed by atoms with Crippen molar-refractivity contribution in [3.63, 3.8) is 0 Å². The zero-order valence-electron chi connectivity index (χ0n) is 22.6. The second-order valence-electron chi connectivity index (χ2n) is 8.72. The first-order valence-electron chi connectivity index (χ1n) is 12.1. The van der Waals surface area contributed by atoms with Gasteiger partial charge in [0, 0.05) is 31.8 Å². The first kappa shape index (κ1) is 28.4. The molecule has 4 amide bonds. The van der Waals surface area contributed by atoms with Crippen LogP contribution in [0.5, 0.6) is 17.4 Å². The zero-order chi connectivity index (χ0) is 29.8. The van der Waals surface area contributed by atoms with Crippen molar-refractivity contribution in [2.45, 2.75) is 0 Å². The van der Waals surface area contributed by atoms with Crippen LogP contribution in [0.25, 0.3) is 11.8 Å². The van der Waals surface area contributed by atoms with E-state index in [1.165, 1.54) is 83.0 Å². The average Bonchev–Trinajstić information content (AvgIpc) is 2.98. The third-order valence-electron chi connectivity index (χ3n) is 6.26. The molecule has 1 aliphatic heterocycles. The number of benzene rings is 2. The summed E-state index contributed by atoms with van der Waals surface area (Å²) >= 11 is 0. The fourth-order valence-electron chi connectivity index (χ4n) is 4.04. The van der Waals surface area contributed by atoms with Crippen molar-refractivity contribution >= 4 is 29.6 Å². The molecule has 0 radical (unpaired) electrons. The van der Waals surface area contributed by atoms with Crippen molar-refractivity contribution in [1.82, 2.24) is 14.0 Å². The van der Waals surface area contributed by atoms with E-state index in [2.05, 4.69) is 0 Å². The van der Waals surface area contributed by atoms with E-state index in [9.17, 15) is 29.1 Å². The van der Waals surface area contributed by atoms with Crippen LogP contribution in [0.1, 0.15) is 5.56 Å². The minimum absolute atomic E-state index is 0.221. The monoisotopic (exact) mass is 557 g/mol. The predicted molar refractivity (Wildman–Crippen MR) is 148 cm³/mol. The van der Waals surface area contributed by atoms with Crippen molar-refractivity contribution in [2.24, 2.45) is 7.05 Å². The highest BCUT2D eigenvalue weighted by Crippen LogP contribution is 2.27. The predicted octanol–water partition coefficient (Wildman–Crippen LogP) is 1.75. The van der Waals surface area contributed by atoms with Gasteiger partial charge >= 0.3 is 11.7 Å². The van der Waals surface area contributed by atoms with Gasteiger partial charge in [-0.15, -0.1) is 0 Å². The summed E-state index contributed by atoms with van der Waals surface area (Å²) in [6.45, 7) is 0. The van der Waals surface area contributed by atoms with E-state index in [1.54, 1.807) is 24.3 Å². The van der Waals surface area contributed by atoms with Crippen LogP contribution in [-0.4, -0.2) is 53.1 Å². The molecule has 0 aliphatic carbocycles. The molecule has 12 heteroatoms. The number of rotatable bonds is 7. The lowest BCUT2D eigenvalue weighted by Crippen LogP contribution is -2.55. The summed E-state index contributed by atoms with van der Waals surface area (Å²) in [7, 11) is 5.39. The van der Waals surface area contributed by atoms with Gasteiger partial charge in [0.15, 0.2) is 0 Å². The van der Waals surface area contributed by atoms with E-state index in [-0.39, 0.29) is 22.5 Å². The van der Waals surface area contributed by atoms with Crippen LogP contribution in [0.3, 0.4) is 0 Å². The Bertz CT molecular complexity index is 1760. The van der Waals surface area contributed by atoms with Gasteiger partial charge in [0.05, 0.1) is 25.6 Å². The molecule has 0 saturated carbocycles. The Morgan fingerprint density at radius 2 is 1.39 bits per heavy atom. The number of nitrogens with zero attached hydrogens (tertiary/aromatic N) is 4. The second-order valence-corrected chi connectivity index (χ2v) is 8.72. The molecule has 1 aliphatic rings. The largest absolute Gasteiger partial charge is 0.859 e. The third kappa shape index (κ3) is 5.30. The van der Waals surface area contributed by atoms with Gasteiger partial charge in [0.1, 0.15) is 17.1 Å². The summed E-state index contributed by atoms with van der Waals surface area (Å²) in [6, 6.07) is 11.7. The van der Waals surface area contributed by atoms with Crippen LogP contribution in [-0.2, 0) is 16.6 Å². The number of amides is 4. The van der Waals surface area contributed by atoms with Gasteiger partial charge in [0.2, 0.25) is 0 Å². The SMILES string of the molecule is COc1cccc(N2C(=O)/C(=C/C=C/C=C/c3c([O-])n(-c4cccc(OC)c4)c(=O)n(C)c3=O)C(=O)N(C)C2=O)c1. The Balaban J connectivity index is 1.66. The Morgan fingerprint density at radius 1 is 0.780 bits per heavy atom. The molecule has 0 bridgehead atoms. The molecule has 0 unspecified atom stereocenters. The standard InChI is InChI=1S/C29H26N4O8/c1-30-24(34)22(26(36)32(28(30)38)18-10-8-12-20(16-18)40-3)14-6-5-7-15-23-25(35)31(2)29(39)33(27(23)37)19-11-9-13-21(17-19)41-4/h5-17,36H,1-4H3/p-1/b7-5+,14-6+,23-15+. The lowest BCUT2D eigenvalue weighted by molar-refractivity contribution is -0.278. The molecular formula is C29H25N4O8-. The number of likely N-dealkylation sites (N-methyl/N-ethyl adjacent to an activating group) is 1. The van der Waals surface area contributed by atoms with Gasteiger partial charge in [-0.25, -0.2) is 14.5 Å². The minimum atomic E-state index is -0.832. The summed E-state index contributed by atoms with van der Waals surface area (Å²) in [6.07, 6.45) is 6.53. The van der Waals surface area contributed by atoms with E-state index in [4.69, 9.17) is 9.47 Å². The van der Waals surface area contributed by atoms with E-state index < -0.39 is 35.0 Å². The third-order valence-corrected chi connectivity index (χ3v) is 6.26. The van der Waals surface area contributed by atoms with Gasteiger partial charge < -0.3 is 14.6 Å². The molecule has 210 valence electrons. The van der Waals surface area contributed by atoms with Crippen LogP contribution in [0.15, 0.2) is 88.0 Å². The number of carbonyl (C=O) groups is 3. The summed E-state index contributed by atoms with van der Waals surface area (Å²) in [5.41, 5.74) is -1.75. The van der Waals surface area contributed by atoms with Crippen LogP contribution in [0.2, 0.25) is 0 Å². The molecular weight excluding hydrogens is 532 g/mol. The van der Waals surface area contributed by atoms with Gasteiger partial charge in [-0.05, 0) is 42.3 Å². The summed E-state index contributed by atoms with van der Waals surface area (Å²) in [4.78, 5) is 65.6. The topological polar surface area (TPSA) is 143 Å². The van der Waals surface area contributed by atoms with Crippen molar-refractivity contribution < 1.29 is 29.0 Å². The lowest BCUT2D eigenvalue weighted by Gasteiger charge is -2.31. The number of carbonyl (C=O) groups excluding carboxylic acids is 3. The number of barbiturate groups is 1. The molecule has 1 saturated heterocycles. The summed E-state index contributed by atoms with van der Waals surface area (Å²) < 4.78 is 12.0. The second kappa shape index (κ2) is 11.6. The molecule has 0 spiro atoms. The molecule has 12 nitrogen and oxygen atoms in total. The van der Waals surface area contributed by atoms with E-state index in [1.807, 2.05) is 0 Å². The smallest absolute Gasteiger partial charge is 0.338 e. The van der Waals surface area contributed by atoms with Crippen LogP contribution in [0.4, 0.5) is 10.5 Å². The van der Waals surface area contributed by atoms with Crippen molar-refractivity contribution in [1.29, 1.82) is 0 Å². The molecule has 1 aromatic heterocycles. The number of methoxy groups -OCH3 is 2. The normalized spacial score (nSPS) is 15.0. The molecule has 3 aromatic rings. The van der Waals surface area contributed by atoms with Crippen LogP contribution < -0.4 is 30.7 Å². The number of urea groups is 1. The maximum Gasteiger partial charge on any atom is 0.338 e. The number of hydrogen-bond acceptors (Lipinski definition) is 8. The average molecular weight is 558 g/mol. The van der Waals surface area contributed by atoms with Gasteiger partial charge in [-0.1, -0.05) is 30.4 Å². The summed E-state index contributed by atoms with van der Waals surface area (Å²) in [5, 5.41) is 13.1. The Hall–Kier alpha value is -5.65. The number of ether oxygens (including phenoxy) is 2. The van der Waals surface area contributed by atoms with Crippen molar-refractivity contribution in [2.75, 3.05) is 26.2 Å². The highest BCUT2D eigenvalue weighted by Gasteiger charge is 2.40. The molecule has 2 aromatic carbocycles. The number of aromatic nitrogens is 2. The van der Waals surface area contributed by atoms with E-state index >= 15 is 0 Å². The maximum atomic E-state index is 13.1. The fourth-order valence-corrected chi connectivity index (χ4v) is 4.04. The highest BCUT2D eigenvalue weighted by molar-refractivity contribution is 6.37. The molecule has 4 rings (SSSR count). The Labute approximate surface area is 233 Å². The number of hydrogen-bond donors (Lipinski definition) is 0. The molecule has 0 atom stereocenters. The highest BCUT2D eigenvalue weighted by atomic mass is 16.5. The zero-order valence-corrected chi connectivity index (χ0v) is 22.6. The first-order valence-corrected chi connectivity index (χ1v) is 12.1. The molecule has 0 N–H and O–H groups in total. The van der Waals surface area contributed by atoms with Gasteiger partial charge in [-0.2, -0.15) is 0 Å². The Morgan fingerprint density at radius 3 is 2.02 bits per heavy atom. The molecule has 2 heterocycles. The molecule has 41 heavy (non-hydrogen) atoms. The van der Waals surface area contributed by atoms with Crippen molar-refractivity contribution in [3.05, 3.63) is 105 Å². The van der Waals surface area contributed by atoms with Crippen molar-refractivity contribution in [3.8, 4) is 23.1 Å². The Kier molecular flexibility index (Phi) is 8.03. The van der Waals surface area contributed by atoms with Crippen LogP contribution >= 0.6 is 0 Å². The maximum absolute atomic E-state index is 13.1. The van der Waals surface area contributed by atoms with E-state index in [0.29, 0.717) is 11.5 Å². The van der Waals surface area contributed by atoms with Gasteiger partial charge in [0.25, 0.3) is 17.4 Å². The number of allylic oxidation sites excluding steroid dienone is 4. The fraction of sp³-hybridized carbons (Fsp3) is 0.138. The molecule has 1 fully saturated rings. The lowest BCUT2D eigenvalue weighted by atomic mass is 10.1. The minimum Gasteiger partial charge on any atom is -0.859 e. The quantitative estimate of drug-likeness (QED) is 0.243. The number of anilines is 1. The van der Waals surface area contributed by atoms with E-state index in [0.717, 1.165) is 18.9 Å². The summed E-state index contributed by atoms with van der Waals surface area (Å²) in [5.74, 6) is -1.63.